The summed E-state index contributed by atoms with van der Waals surface area (Å²) in [6.07, 6.45) is 6.56. The highest BCUT2D eigenvalue weighted by Crippen LogP contribution is 2.28. The molecule has 1 aromatic heterocycles. The summed E-state index contributed by atoms with van der Waals surface area (Å²) < 4.78 is 1.96. The van der Waals surface area contributed by atoms with E-state index in [0.717, 1.165) is 10.9 Å². The predicted molar refractivity (Wildman–Crippen MR) is 87.0 cm³/mol. The van der Waals surface area contributed by atoms with E-state index in [1.807, 2.05) is 59.0 Å². The van der Waals surface area contributed by atoms with Crippen LogP contribution in [0.1, 0.15) is 36.7 Å². The van der Waals surface area contributed by atoms with Gasteiger partial charge in [0.2, 0.25) is 5.91 Å². The lowest BCUT2D eigenvalue weighted by molar-refractivity contribution is -0.133. The molecule has 114 valence electrons. The van der Waals surface area contributed by atoms with Crippen LogP contribution >= 0.6 is 0 Å². The lowest BCUT2D eigenvalue weighted by Gasteiger charge is -2.24. The zero-order chi connectivity index (χ0) is 15.7. The molecule has 1 amide bonds. The molecule has 1 atom stereocenters. The van der Waals surface area contributed by atoms with Gasteiger partial charge in [-0.25, -0.2) is 0 Å². The number of hydrogen-bond donors (Lipinski definition) is 0. The van der Waals surface area contributed by atoms with Crippen molar-refractivity contribution in [1.82, 2.24) is 9.47 Å². The fourth-order valence-corrected chi connectivity index (χ4v) is 3.10. The molecule has 4 nitrogen and oxygen atoms in total. The van der Waals surface area contributed by atoms with E-state index in [4.69, 9.17) is 0 Å². The Bertz CT molecular complexity index is 750. The molecule has 0 radical (unpaired) electrons. The minimum atomic E-state index is -0.266. The number of amides is 1. The molecule has 0 saturated heterocycles. The van der Waals surface area contributed by atoms with Crippen molar-refractivity contribution < 1.29 is 9.59 Å². The number of ketones is 1. The Balaban J connectivity index is 2.07. The molecule has 0 aliphatic carbocycles. The van der Waals surface area contributed by atoms with Crippen molar-refractivity contribution in [1.29, 1.82) is 0 Å². The largest absolute Gasteiger partial charge is 0.334 e. The van der Waals surface area contributed by atoms with E-state index in [-0.39, 0.29) is 17.7 Å². The van der Waals surface area contributed by atoms with Crippen LogP contribution in [-0.2, 0) is 4.79 Å². The van der Waals surface area contributed by atoms with Gasteiger partial charge in [-0.3, -0.25) is 9.59 Å². The van der Waals surface area contributed by atoms with Gasteiger partial charge in [0.25, 0.3) is 0 Å². The van der Waals surface area contributed by atoms with Crippen molar-refractivity contribution in [2.75, 3.05) is 13.1 Å². The summed E-state index contributed by atoms with van der Waals surface area (Å²) in [4.78, 5) is 26.5. The highest BCUT2D eigenvalue weighted by Gasteiger charge is 2.26. The van der Waals surface area contributed by atoms with E-state index in [9.17, 15) is 9.59 Å². The van der Waals surface area contributed by atoms with Gasteiger partial charge in [-0.1, -0.05) is 37.3 Å². The SMILES string of the molecule is CC[C@@H](C(=O)N1CC=CC1)n1cc(C(C)=O)c2ccccc21. The molecular formula is C18H20N2O2. The van der Waals surface area contributed by atoms with Crippen LogP contribution in [0.25, 0.3) is 10.9 Å². The van der Waals surface area contributed by atoms with E-state index in [1.165, 1.54) is 0 Å². The predicted octanol–water partition coefficient (Wildman–Crippen LogP) is 3.19. The minimum Gasteiger partial charge on any atom is -0.334 e. The first-order chi connectivity index (χ1) is 10.6. The number of rotatable bonds is 4. The van der Waals surface area contributed by atoms with Crippen LogP contribution in [0.15, 0.2) is 42.6 Å². The number of hydrogen-bond acceptors (Lipinski definition) is 2. The molecule has 0 fully saturated rings. The molecule has 1 aromatic carbocycles. The van der Waals surface area contributed by atoms with E-state index in [1.54, 1.807) is 6.92 Å². The van der Waals surface area contributed by atoms with E-state index in [0.29, 0.717) is 25.1 Å². The van der Waals surface area contributed by atoms with Gasteiger partial charge in [0.15, 0.2) is 5.78 Å². The number of carbonyl (C=O) groups is 2. The van der Waals surface area contributed by atoms with Crippen molar-refractivity contribution in [3.05, 3.63) is 48.2 Å². The molecule has 1 aliphatic rings. The summed E-state index contributed by atoms with van der Waals surface area (Å²) in [5, 5.41) is 0.917. The third-order valence-electron chi connectivity index (χ3n) is 4.26. The molecule has 3 rings (SSSR count). The highest BCUT2D eigenvalue weighted by atomic mass is 16.2. The fourth-order valence-electron chi connectivity index (χ4n) is 3.10. The van der Waals surface area contributed by atoms with Crippen molar-refractivity contribution >= 4 is 22.6 Å². The molecule has 1 aliphatic heterocycles. The maximum absolute atomic E-state index is 12.8. The summed E-state index contributed by atoms with van der Waals surface area (Å²) in [6.45, 7) is 4.93. The first-order valence-electron chi connectivity index (χ1n) is 7.67. The van der Waals surface area contributed by atoms with Crippen LogP contribution < -0.4 is 0 Å². The maximum Gasteiger partial charge on any atom is 0.246 e. The summed E-state index contributed by atoms with van der Waals surface area (Å²) in [7, 11) is 0. The van der Waals surface area contributed by atoms with E-state index < -0.39 is 0 Å². The van der Waals surface area contributed by atoms with Crippen LogP contribution in [0.5, 0.6) is 0 Å². The fraction of sp³-hybridized carbons (Fsp3) is 0.333. The van der Waals surface area contributed by atoms with Gasteiger partial charge in [-0.05, 0) is 19.4 Å². The summed E-state index contributed by atoms with van der Waals surface area (Å²) in [6, 6.07) is 7.51. The van der Waals surface area contributed by atoms with Crippen molar-refractivity contribution in [3.63, 3.8) is 0 Å². The molecule has 0 spiro atoms. The molecule has 2 aromatic rings. The number of fused-ring (bicyclic) bond motifs is 1. The normalized spacial score (nSPS) is 15.5. The quantitative estimate of drug-likeness (QED) is 0.642. The topological polar surface area (TPSA) is 42.3 Å². The summed E-state index contributed by atoms with van der Waals surface area (Å²) in [5.41, 5.74) is 1.63. The third-order valence-corrected chi connectivity index (χ3v) is 4.26. The zero-order valence-corrected chi connectivity index (χ0v) is 13.0. The number of carbonyl (C=O) groups excluding carboxylic acids is 2. The summed E-state index contributed by atoms with van der Waals surface area (Å²) in [5.74, 6) is 0.142. The van der Waals surface area contributed by atoms with Gasteiger partial charge in [-0.2, -0.15) is 0 Å². The Morgan fingerprint density at radius 1 is 1.18 bits per heavy atom. The standard InChI is InChI=1S/C18H20N2O2/c1-3-16(18(22)19-10-6-7-11-19)20-12-15(13(2)21)14-8-4-5-9-17(14)20/h4-9,12,16H,3,10-11H2,1-2H3/t16-/m0/s1. The monoisotopic (exact) mass is 296 g/mol. The van der Waals surface area contributed by atoms with Gasteiger partial charge in [0.05, 0.1) is 0 Å². The lowest BCUT2D eigenvalue weighted by atomic mass is 10.1. The van der Waals surface area contributed by atoms with Crippen molar-refractivity contribution in [2.45, 2.75) is 26.3 Å². The van der Waals surface area contributed by atoms with Crippen LogP contribution in [0.2, 0.25) is 0 Å². The Morgan fingerprint density at radius 3 is 2.50 bits per heavy atom. The summed E-state index contributed by atoms with van der Waals surface area (Å²) >= 11 is 0. The van der Waals surface area contributed by atoms with Crippen molar-refractivity contribution in [2.24, 2.45) is 0 Å². The van der Waals surface area contributed by atoms with Crippen LogP contribution in [0.3, 0.4) is 0 Å². The third kappa shape index (κ3) is 2.34. The Morgan fingerprint density at radius 2 is 1.86 bits per heavy atom. The van der Waals surface area contributed by atoms with E-state index >= 15 is 0 Å². The van der Waals surface area contributed by atoms with Gasteiger partial charge in [0, 0.05) is 35.8 Å². The first kappa shape index (κ1) is 14.6. The number of Topliss-reactive ketones (excluding diaryl/α,β-unsaturated/α-hetero) is 1. The van der Waals surface area contributed by atoms with Gasteiger partial charge < -0.3 is 9.47 Å². The van der Waals surface area contributed by atoms with E-state index in [2.05, 4.69) is 0 Å². The molecule has 0 saturated carbocycles. The number of aromatic nitrogens is 1. The van der Waals surface area contributed by atoms with Gasteiger partial charge in [-0.15, -0.1) is 0 Å². The van der Waals surface area contributed by atoms with Crippen molar-refractivity contribution in [3.8, 4) is 0 Å². The molecule has 0 bridgehead atoms. The lowest BCUT2D eigenvalue weighted by Crippen LogP contribution is -2.35. The molecule has 22 heavy (non-hydrogen) atoms. The number of para-hydroxylation sites is 1. The second-order valence-corrected chi connectivity index (χ2v) is 5.66. The highest BCUT2D eigenvalue weighted by molar-refractivity contribution is 6.07. The average Bonchev–Trinajstić information content (AvgIpc) is 3.16. The second-order valence-electron chi connectivity index (χ2n) is 5.66. The molecule has 4 heteroatoms. The Labute approximate surface area is 130 Å². The number of benzene rings is 1. The molecule has 0 N–H and O–H groups in total. The first-order valence-corrected chi connectivity index (χ1v) is 7.67. The Kier molecular flexibility index (Phi) is 3.84. The van der Waals surface area contributed by atoms with Gasteiger partial charge >= 0.3 is 0 Å². The maximum atomic E-state index is 12.8. The zero-order valence-electron chi connectivity index (χ0n) is 13.0. The minimum absolute atomic E-state index is 0.0279. The molecule has 2 heterocycles. The average molecular weight is 296 g/mol. The smallest absolute Gasteiger partial charge is 0.246 e. The molecular weight excluding hydrogens is 276 g/mol. The molecule has 0 unspecified atom stereocenters. The van der Waals surface area contributed by atoms with Gasteiger partial charge in [0.1, 0.15) is 6.04 Å². The Hall–Kier alpha value is -2.36. The van der Waals surface area contributed by atoms with Crippen LogP contribution in [-0.4, -0.2) is 34.2 Å². The number of nitrogens with zero attached hydrogens (tertiary/aromatic N) is 2. The van der Waals surface area contributed by atoms with Crippen LogP contribution in [0, 0.1) is 0 Å². The second kappa shape index (κ2) is 5.79. The van der Waals surface area contributed by atoms with Crippen LogP contribution in [0.4, 0.5) is 0 Å².